The summed E-state index contributed by atoms with van der Waals surface area (Å²) in [7, 11) is 0. The highest BCUT2D eigenvalue weighted by atomic mass is 19.1. The molecule has 1 N–H and O–H groups in total. The maximum absolute atomic E-state index is 13.0. The van der Waals surface area contributed by atoms with Gasteiger partial charge in [-0.05, 0) is 37.0 Å². The first-order valence-electron chi connectivity index (χ1n) is 9.70. The second kappa shape index (κ2) is 8.33. The Kier molecular flexibility index (Phi) is 5.46. The molecule has 144 valence electrons. The van der Waals surface area contributed by atoms with Crippen LogP contribution in [0.1, 0.15) is 30.7 Å². The molecule has 0 spiro atoms. The van der Waals surface area contributed by atoms with Crippen molar-refractivity contribution in [3.8, 4) is 11.4 Å². The van der Waals surface area contributed by atoms with Gasteiger partial charge in [0.2, 0.25) is 5.91 Å². The molecule has 0 radical (unpaired) electrons. The highest BCUT2D eigenvalue weighted by molar-refractivity contribution is 5.76. The summed E-state index contributed by atoms with van der Waals surface area (Å²) in [6, 6.07) is 16.5. The minimum atomic E-state index is -0.256. The van der Waals surface area contributed by atoms with Crippen LogP contribution in [0.3, 0.4) is 0 Å². The van der Waals surface area contributed by atoms with Gasteiger partial charge >= 0.3 is 0 Å². The molecule has 1 atom stereocenters. The standard InChI is InChI=1S/C22H23FN4O/c23-18-9-6-16(7-10-18)8-13-21(28)24-19-11-12-20-25-26-22(27(20)15-14-19)17-4-2-1-3-5-17/h1-7,9-10,19H,8,11-15H2,(H,24,28). The van der Waals surface area contributed by atoms with Gasteiger partial charge in [0.1, 0.15) is 11.6 Å². The average molecular weight is 378 g/mol. The molecule has 0 saturated carbocycles. The molecule has 2 aromatic carbocycles. The van der Waals surface area contributed by atoms with Crippen LogP contribution >= 0.6 is 0 Å². The summed E-state index contributed by atoms with van der Waals surface area (Å²) in [5, 5.41) is 11.9. The molecule has 0 bridgehead atoms. The molecule has 1 amide bonds. The smallest absolute Gasteiger partial charge is 0.220 e. The van der Waals surface area contributed by atoms with Gasteiger partial charge in [-0.1, -0.05) is 42.5 Å². The molecule has 2 heterocycles. The Morgan fingerprint density at radius 1 is 1.07 bits per heavy atom. The summed E-state index contributed by atoms with van der Waals surface area (Å²) in [6.45, 7) is 0.787. The average Bonchev–Trinajstić information content (AvgIpc) is 3.03. The van der Waals surface area contributed by atoms with Gasteiger partial charge < -0.3 is 9.88 Å². The number of aromatic nitrogens is 3. The molecular weight excluding hydrogens is 355 g/mol. The summed E-state index contributed by atoms with van der Waals surface area (Å²) in [5.74, 6) is 1.64. The van der Waals surface area contributed by atoms with Gasteiger partial charge in [0.15, 0.2) is 5.82 Å². The number of nitrogens with one attached hydrogen (secondary N) is 1. The van der Waals surface area contributed by atoms with E-state index in [9.17, 15) is 9.18 Å². The third-order valence-corrected chi connectivity index (χ3v) is 5.20. The lowest BCUT2D eigenvalue weighted by atomic mass is 10.1. The summed E-state index contributed by atoms with van der Waals surface area (Å²) >= 11 is 0. The van der Waals surface area contributed by atoms with Crippen molar-refractivity contribution in [2.24, 2.45) is 0 Å². The highest BCUT2D eigenvalue weighted by Gasteiger charge is 2.22. The first-order chi connectivity index (χ1) is 13.7. The Hall–Kier alpha value is -3.02. The molecule has 5 nitrogen and oxygen atoms in total. The molecule has 3 aromatic rings. The van der Waals surface area contributed by atoms with Crippen LogP contribution in [0.5, 0.6) is 0 Å². The maximum atomic E-state index is 13.0. The van der Waals surface area contributed by atoms with Gasteiger partial charge in [-0.2, -0.15) is 0 Å². The van der Waals surface area contributed by atoms with Crippen molar-refractivity contribution in [2.75, 3.05) is 0 Å². The van der Waals surface area contributed by atoms with Crippen molar-refractivity contribution < 1.29 is 9.18 Å². The second-order valence-corrected chi connectivity index (χ2v) is 7.18. The number of carbonyl (C=O) groups excluding carboxylic acids is 1. The van der Waals surface area contributed by atoms with E-state index in [1.807, 2.05) is 30.3 Å². The number of benzene rings is 2. The molecule has 1 aromatic heterocycles. The number of amides is 1. The number of fused-ring (bicyclic) bond motifs is 1. The van der Waals surface area contributed by atoms with E-state index in [0.29, 0.717) is 12.8 Å². The normalized spacial score (nSPS) is 16.2. The van der Waals surface area contributed by atoms with Crippen molar-refractivity contribution in [3.63, 3.8) is 0 Å². The first-order valence-corrected chi connectivity index (χ1v) is 9.70. The van der Waals surface area contributed by atoms with Crippen molar-refractivity contribution in [1.82, 2.24) is 20.1 Å². The van der Waals surface area contributed by atoms with Gasteiger partial charge in [-0.3, -0.25) is 4.79 Å². The molecule has 28 heavy (non-hydrogen) atoms. The lowest BCUT2D eigenvalue weighted by Crippen LogP contribution is -2.35. The SMILES string of the molecule is O=C(CCc1ccc(F)cc1)NC1CCc2nnc(-c3ccccc3)n2CC1. The predicted octanol–water partition coefficient (Wildman–Crippen LogP) is 3.54. The van der Waals surface area contributed by atoms with Gasteiger partial charge in [0, 0.05) is 31.0 Å². The minimum absolute atomic E-state index is 0.0373. The summed E-state index contributed by atoms with van der Waals surface area (Å²) < 4.78 is 15.1. The zero-order valence-corrected chi connectivity index (χ0v) is 15.6. The molecule has 1 aliphatic rings. The molecule has 0 fully saturated rings. The third kappa shape index (κ3) is 4.27. The molecule has 0 saturated heterocycles. The summed E-state index contributed by atoms with van der Waals surface area (Å²) in [4.78, 5) is 12.3. The van der Waals surface area contributed by atoms with Crippen LogP contribution in [0.2, 0.25) is 0 Å². The fourth-order valence-corrected chi connectivity index (χ4v) is 3.64. The van der Waals surface area contributed by atoms with Gasteiger partial charge in [0.25, 0.3) is 0 Å². The molecule has 1 unspecified atom stereocenters. The largest absolute Gasteiger partial charge is 0.353 e. The molecular formula is C22H23FN4O. The van der Waals surface area contributed by atoms with Crippen molar-refractivity contribution in [1.29, 1.82) is 0 Å². The van der Waals surface area contributed by atoms with Gasteiger partial charge in [-0.15, -0.1) is 10.2 Å². The summed E-state index contributed by atoms with van der Waals surface area (Å²) in [5.41, 5.74) is 2.03. The monoisotopic (exact) mass is 378 g/mol. The van der Waals surface area contributed by atoms with Crippen molar-refractivity contribution in [3.05, 3.63) is 71.8 Å². The fourth-order valence-electron chi connectivity index (χ4n) is 3.64. The van der Waals surface area contributed by atoms with Gasteiger partial charge in [-0.25, -0.2) is 4.39 Å². The fraction of sp³-hybridized carbons (Fsp3) is 0.318. The van der Waals surface area contributed by atoms with E-state index >= 15 is 0 Å². The number of aryl methyl sites for hydroxylation is 2. The maximum Gasteiger partial charge on any atom is 0.220 e. The van der Waals surface area contributed by atoms with E-state index in [4.69, 9.17) is 0 Å². The first kappa shape index (κ1) is 18.3. The van der Waals surface area contributed by atoms with Crippen LogP contribution < -0.4 is 5.32 Å². The Balaban J connectivity index is 1.33. The Labute approximate surface area is 163 Å². The van der Waals surface area contributed by atoms with E-state index < -0.39 is 0 Å². The zero-order valence-electron chi connectivity index (χ0n) is 15.6. The van der Waals surface area contributed by atoms with Crippen LogP contribution in [0.15, 0.2) is 54.6 Å². The third-order valence-electron chi connectivity index (χ3n) is 5.20. The topological polar surface area (TPSA) is 59.8 Å². The highest BCUT2D eigenvalue weighted by Crippen LogP contribution is 2.22. The van der Waals surface area contributed by atoms with E-state index in [1.165, 1.54) is 12.1 Å². The zero-order chi connectivity index (χ0) is 19.3. The van der Waals surface area contributed by atoms with E-state index in [2.05, 4.69) is 20.1 Å². The predicted molar refractivity (Wildman–Crippen MR) is 105 cm³/mol. The van der Waals surface area contributed by atoms with Crippen LogP contribution in [0.4, 0.5) is 4.39 Å². The van der Waals surface area contributed by atoms with Crippen LogP contribution in [-0.4, -0.2) is 26.7 Å². The summed E-state index contributed by atoms with van der Waals surface area (Å²) in [6.07, 6.45) is 3.52. The number of carbonyl (C=O) groups is 1. The second-order valence-electron chi connectivity index (χ2n) is 7.18. The number of halogens is 1. The lowest BCUT2D eigenvalue weighted by Gasteiger charge is -2.16. The Bertz CT molecular complexity index is 937. The molecule has 4 rings (SSSR count). The Morgan fingerprint density at radius 2 is 1.86 bits per heavy atom. The number of hydrogen-bond acceptors (Lipinski definition) is 3. The number of hydrogen-bond donors (Lipinski definition) is 1. The van der Waals surface area contributed by atoms with Crippen molar-refractivity contribution >= 4 is 5.91 Å². The molecule has 1 aliphatic heterocycles. The Morgan fingerprint density at radius 3 is 2.64 bits per heavy atom. The quantitative estimate of drug-likeness (QED) is 0.739. The van der Waals surface area contributed by atoms with Crippen LogP contribution in [0, 0.1) is 5.82 Å². The minimum Gasteiger partial charge on any atom is -0.353 e. The number of rotatable bonds is 5. The van der Waals surface area contributed by atoms with Gasteiger partial charge in [0.05, 0.1) is 0 Å². The molecule has 0 aliphatic carbocycles. The van der Waals surface area contributed by atoms with Crippen LogP contribution in [-0.2, 0) is 24.2 Å². The van der Waals surface area contributed by atoms with E-state index in [-0.39, 0.29) is 17.8 Å². The van der Waals surface area contributed by atoms with Crippen LogP contribution in [0.25, 0.3) is 11.4 Å². The number of nitrogens with zero attached hydrogens (tertiary/aromatic N) is 3. The lowest BCUT2D eigenvalue weighted by molar-refractivity contribution is -0.121. The van der Waals surface area contributed by atoms with Crippen molar-refractivity contribution in [2.45, 2.75) is 44.7 Å². The molecule has 6 heteroatoms. The van der Waals surface area contributed by atoms with E-state index in [0.717, 1.165) is 48.6 Å². The van der Waals surface area contributed by atoms with E-state index in [1.54, 1.807) is 12.1 Å².